The number of anilines is 1. The van der Waals surface area contributed by atoms with Gasteiger partial charge in [0.1, 0.15) is 5.75 Å². The Hall–Kier alpha value is -1.61. The smallest absolute Gasteiger partial charge is 0.139 e. The summed E-state index contributed by atoms with van der Waals surface area (Å²) < 4.78 is 0. The molecule has 0 spiro atoms. The quantitative estimate of drug-likeness (QED) is 0.640. The van der Waals surface area contributed by atoms with Crippen LogP contribution in [0.25, 0.3) is 0 Å². The lowest BCUT2D eigenvalue weighted by Gasteiger charge is -2.05. The summed E-state index contributed by atoms with van der Waals surface area (Å²) in [6, 6.07) is 13.8. The number of benzene rings is 2. The van der Waals surface area contributed by atoms with Gasteiger partial charge in [-0.05, 0) is 42.3 Å². The van der Waals surface area contributed by atoms with Gasteiger partial charge < -0.3 is 10.8 Å². The Morgan fingerprint density at radius 3 is 2.29 bits per heavy atom. The molecule has 2 aromatic rings. The maximum Gasteiger partial charge on any atom is 0.139 e. The van der Waals surface area contributed by atoms with Gasteiger partial charge in [0.05, 0.1) is 5.69 Å². The average molecular weight is 245 g/mol. The minimum Gasteiger partial charge on any atom is -0.506 e. The van der Waals surface area contributed by atoms with Gasteiger partial charge in [0, 0.05) is 9.79 Å². The summed E-state index contributed by atoms with van der Waals surface area (Å²) in [6.07, 6.45) is 1.05. The van der Waals surface area contributed by atoms with Crippen molar-refractivity contribution in [1.29, 1.82) is 0 Å². The van der Waals surface area contributed by atoms with Gasteiger partial charge in [0.2, 0.25) is 0 Å². The summed E-state index contributed by atoms with van der Waals surface area (Å²) >= 11 is 1.61. The van der Waals surface area contributed by atoms with Crippen LogP contribution in [-0.2, 0) is 6.42 Å². The van der Waals surface area contributed by atoms with Crippen LogP contribution in [-0.4, -0.2) is 5.11 Å². The highest BCUT2D eigenvalue weighted by Gasteiger charge is 2.01. The van der Waals surface area contributed by atoms with Crippen molar-refractivity contribution >= 4 is 17.4 Å². The SMILES string of the molecule is CCc1ccc(Sc2ccc(N)c(O)c2)cc1. The molecule has 0 heterocycles. The number of aromatic hydroxyl groups is 1. The normalized spacial score (nSPS) is 10.4. The Kier molecular flexibility index (Phi) is 3.59. The molecule has 2 nitrogen and oxygen atoms in total. The van der Waals surface area contributed by atoms with Gasteiger partial charge in [-0.25, -0.2) is 0 Å². The molecule has 0 fully saturated rings. The average Bonchev–Trinajstić information content (AvgIpc) is 2.35. The second-order valence-electron chi connectivity index (χ2n) is 3.82. The number of aryl methyl sites for hydroxylation is 1. The van der Waals surface area contributed by atoms with Crippen LogP contribution in [0.5, 0.6) is 5.75 Å². The highest BCUT2D eigenvalue weighted by Crippen LogP contribution is 2.32. The van der Waals surface area contributed by atoms with Crippen LogP contribution in [0.4, 0.5) is 5.69 Å². The van der Waals surface area contributed by atoms with Crippen LogP contribution < -0.4 is 5.73 Å². The molecule has 0 saturated heterocycles. The van der Waals surface area contributed by atoms with Gasteiger partial charge in [0.15, 0.2) is 0 Å². The standard InChI is InChI=1S/C14H15NOS/c1-2-10-3-5-11(6-4-10)17-12-7-8-13(15)14(16)9-12/h3-9,16H,2,15H2,1H3. The van der Waals surface area contributed by atoms with E-state index in [1.165, 1.54) is 5.56 Å². The molecule has 0 aliphatic carbocycles. The monoisotopic (exact) mass is 245 g/mol. The molecule has 3 N–H and O–H groups in total. The summed E-state index contributed by atoms with van der Waals surface area (Å²) in [7, 11) is 0. The van der Waals surface area contributed by atoms with E-state index < -0.39 is 0 Å². The van der Waals surface area contributed by atoms with Crippen LogP contribution >= 0.6 is 11.8 Å². The number of nitrogen functional groups attached to an aromatic ring is 1. The number of rotatable bonds is 3. The molecule has 2 aromatic carbocycles. The summed E-state index contributed by atoms with van der Waals surface area (Å²) in [5.74, 6) is 0.139. The molecular weight excluding hydrogens is 230 g/mol. The Morgan fingerprint density at radius 2 is 1.71 bits per heavy atom. The predicted octanol–water partition coefficient (Wildman–Crippen LogP) is 3.69. The molecule has 0 aliphatic rings. The van der Waals surface area contributed by atoms with Crippen molar-refractivity contribution in [2.75, 3.05) is 5.73 Å². The van der Waals surface area contributed by atoms with E-state index >= 15 is 0 Å². The first-order chi connectivity index (χ1) is 8.19. The Labute approximate surface area is 105 Å². The molecule has 2 rings (SSSR count). The number of phenols is 1. The predicted molar refractivity (Wildman–Crippen MR) is 72.5 cm³/mol. The number of nitrogens with two attached hydrogens (primary N) is 1. The lowest BCUT2D eigenvalue weighted by Crippen LogP contribution is -1.85. The minimum atomic E-state index is 0.139. The van der Waals surface area contributed by atoms with Crippen molar-refractivity contribution in [3.8, 4) is 5.75 Å². The second kappa shape index (κ2) is 5.15. The fourth-order valence-corrected chi connectivity index (χ4v) is 2.37. The summed E-state index contributed by atoms with van der Waals surface area (Å²) in [5, 5.41) is 9.52. The van der Waals surface area contributed by atoms with Gasteiger partial charge in [-0.2, -0.15) is 0 Å². The number of hydrogen-bond donors (Lipinski definition) is 2. The van der Waals surface area contributed by atoms with Crippen molar-refractivity contribution in [2.45, 2.75) is 23.1 Å². The van der Waals surface area contributed by atoms with Crippen LogP contribution in [0.2, 0.25) is 0 Å². The molecule has 0 radical (unpaired) electrons. The molecule has 0 unspecified atom stereocenters. The summed E-state index contributed by atoms with van der Waals surface area (Å²) in [5.41, 5.74) is 7.30. The van der Waals surface area contributed by atoms with Gasteiger partial charge in [0.25, 0.3) is 0 Å². The maximum absolute atomic E-state index is 9.52. The van der Waals surface area contributed by atoms with E-state index in [-0.39, 0.29) is 5.75 Å². The molecule has 0 aromatic heterocycles. The van der Waals surface area contributed by atoms with Crippen LogP contribution in [0.1, 0.15) is 12.5 Å². The highest BCUT2D eigenvalue weighted by atomic mass is 32.2. The third-order valence-corrected chi connectivity index (χ3v) is 3.57. The number of phenolic OH excluding ortho intramolecular Hbond substituents is 1. The molecule has 0 saturated carbocycles. The molecule has 3 heteroatoms. The number of hydrogen-bond acceptors (Lipinski definition) is 3. The van der Waals surface area contributed by atoms with E-state index in [1.54, 1.807) is 23.9 Å². The van der Waals surface area contributed by atoms with Crippen LogP contribution in [0, 0.1) is 0 Å². The Balaban J connectivity index is 2.16. The molecule has 0 atom stereocenters. The lowest BCUT2D eigenvalue weighted by molar-refractivity contribution is 0.476. The van der Waals surface area contributed by atoms with Gasteiger partial charge in [-0.3, -0.25) is 0 Å². The topological polar surface area (TPSA) is 46.2 Å². The maximum atomic E-state index is 9.52. The van der Waals surface area contributed by atoms with Crippen LogP contribution in [0.3, 0.4) is 0 Å². The zero-order valence-electron chi connectivity index (χ0n) is 9.68. The Morgan fingerprint density at radius 1 is 1.06 bits per heavy atom. The van der Waals surface area contributed by atoms with Crippen molar-refractivity contribution in [1.82, 2.24) is 0 Å². The first-order valence-corrected chi connectivity index (χ1v) is 6.36. The van der Waals surface area contributed by atoms with Crippen molar-refractivity contribution in [3.63, 3.8) is 0 Å². The van der Waals surface area contributed by atoms with Crippen LogP contribution in [0.15, 0.2) is 52.3 Å². The summed E-state index contributed by atoms with van der Waals surface area (Å²) in [4.78, 5) is 2.15. The minimum absolute atomic E-state index is 0.139. The Bertz CT molecular complexity index is 508. The zero-order chi connectivity index (χ0) is 12.3. The van der Waals surface area contributed by atoms with Gasteiger partial charge in [-0.1, -0.05) is 30.8 Å². The van der Waals surface area contributed by atoms with Crippen molar-refractivity contribution in [3.05, 3.63) is 48.0 Å². The lowest BCUT2D eigenvalue weighted by atomic mass is 10.2. The highest BCUT2D eigenvalue weighted by molar-refractivity contribution is 7.99. The van der Waals surface area contributed by atoms with Crippen molar-refractivity contribution < 1.29 is 5.11 Å². The molecule has 0 amide bonds. The first kappa shape index (κ1) is 11.9. The van der Waals surface area contributed by atoms with E-state index in [1.807, 2.05) is 6.07 Å². The molecular formula is C14H15NOS. The largest absolute Gasteiger partial charge is 0.506 e. The molecule has 17 heavy (non-hydrogen) atoms. The van der Waals surface area contributed by atoms with E-state index in [4.69, 9.17) is 5.73 Å². The van der Waals surface area contributed by atoms with E-state index in [2.05, 4.69) is 31.2 Å². The van der Waals surface area contributed by atoms with E-state index in [0.717, 1.165) is 16.2 Å². The van der Waals surface area contributed by atoms with Gasteiger partial charge >= 0.3 is 0 Å². The third kappa shape index (κ3) is 2.94. The van der Waals surface area contributed by atoms with Crippen molar-refractivity contribution in [2.24, 2.45) is 0 Å². The van der Waals surface area contributed by atoms with E-state index in [9.17, 15) is 5.11 Å². The summed E-state index contributed by atoms with van der Waals surface area (Å²) in [6.45, 7) is 2.14. The van der Waals surface area contributed by atoms with E-state index in [0.29, 0.717) is 5.69 Å². The fraction of sp³-hybridized carbons (Fsp3) is 0.143. The fourth-order valence-electron chi connectivity index (χ4n) is 1.52. The zero-order valence-corrected chi connectivity index (χ0v) is 10.5. The first-order valence-electron chi connectivity index (χ1n) is 5.54. The molecule has 0 aliphatic heterocycles. The second-order valence-corrected chi connectivity index (χ2v) is 4.97. The van der Waals surface area contributed by atoms with Gasteiger partial charge in [-0.15, -0.1) is 0 Å². The molecule has 0 bridgehead atoms. The third-order valence-electron chi connectivity index (χ3n) is 2.57. The molecule has 88 valence electrons.